The van der Waals surface area contributed by atoms with Gasteiger partial charge in [0.15, 0.2) is 0 Å². The lowest BCUT2D eigenvalue weighted by Crippen LogP contribution is -1.63. The molecule has 0 radical (unpaired) electrons. The number of hydrogen-bond acceptors (Lipinski definition) is 3. The molecule has 0 aliphatic rings. The Hall–Kier alpha value is -0.860. The Morgan fingerprint density at radius 2 is 2.10 bits per heavy atom. The Morgan fingerprint density at radius 1 is 1.70 bits per heavy atom. The summed E-state index contributed by atoms with van der Waals surface area (Å²) in [4.78, 5) is 26.6. The first kappa shape index (κ1) is 11.9. The molecule has 0 rings (SSSR count). The van der Waals surface area contributed by atoms with E-state index in [0.717, 1.165) is 0 Å². The predicted octanol–water partition coefficient (Wildman–Crippen LogP) is 0.137. The molecule has 5 nitrogen and oxygen atoms in total. The van der Waals surface area contributed by atoms with Crippen LogP contribution in [0.2, 0.25) is 0 Å². The lowest BCUT2D eigenvalue weighted by Gasteiger charge is -1.64. The van der Waals surface area contributed by atoms with Crippen LogP contribution in [0.4, 0.5) is 0 Å². The van der Waals surface area contributed by atoms with Crippen molar-refractivity contribution in [1.82, 2.24) is 0 Å². The molecule has 0 aromatic rings. The van der Waals surface area contributed by atoms with Crippen LogP contribution in [-0.4, -0.2) is 22.4 Å². The van der Waals surface area contributed by atoms with Crippen molar-refractivity contribution in [3.63, 3.8) is 0 Å². The van der Waals surface area contributed by atoms with E-state index in [2.05, 4.69) is 11.6 Å². The van der Waals surface area contributed by atoms with Crippen LogP contribution >= 0.6 is 8.25 Å². The zero-order valence-corrected chi connectivity index (χ0v) is 5.99. The third kappa shape index (κ3) is 58.8. The van der Waals surface area contributed by atoms with Crippen molar-refractivity contribution in [2.24, 2.45) is 4.99 Å². The standard InChI is InChI=1S/C4H5NO.HO3P/c1-2-3-5-4-6;1-4(2)3/h2H,1,3H2;(H-,1,2,3)/p+1. The molecule has 0 aliphatic carbocycles. The van der Waals surface area contributed by atoms with Gasteiger partial charge < -0.3 is 0 Å². The SMILES string of the molecule is C=CCN=C=O.O=[P+](O)O. The van der Waals surface area contributed by atoms with Crippen LogP contribution < -0.4 is 0 Å². The molecule has 0 bridgehead atoms. The quantitative estimate of drug-likeness (QED) is 0.263. The summed E-state index contributed by atoms with van der Waals surface area (Å²) in [7, 11) is -2.87. The summed E-state index contributed by atoms with van der Waals surface area (Å²) < 4.78 is 8.70. The van der Waals surface area contributed by atoms with E-state index in [1.165, 1.54) is 12.2 Å². The van der Waals surface area contributed by atoms with Crippen LogP contribution in [0, 0.1) is 0 Å². The van der Waals surface area contributed by atoms with E-state index in [9.17, 15) is 4.79 Å². The summed E-state index contributed by atoms with van der Waals surface area (Å²) >= 11 is 0. The van der Waals surface area contributed by atoms with Gasteiger partial charge in [-0.2, -0.15) is 0 Å². The fourth-order valence-electron chi connectivity index (χ4n) is 0.102. The van der Waals surface area contributed by atoms with Gasteiger partial charge >= 0.3 is 8.25 Å². The highest BCUT2D eigenvalue weighted by Gasteiger charge is 1.93. The van der Waals surface area contributed by atoms with Crippen LogP contribution in [0.3, 0.4) is 0 Å². The molecule has 0 saturated heterocycles. The van der Waals surface area contributed by atoms with Gasteiger partial charge in [-0.25, -0.2) is 9.79 Å². The molecular weight excluding hydrogens is 157 g/mol. The number of aliphatic imine (C=N–C) groups is 1. The van der Waals surface area contributed by atoms with Gasteiger partial charge in [-0.1, -0.05) is 6.08 Å². The summed E-state index contributed by atoms with van der Waals surface area (Å²) in [5.74, 6) is 0. The summed E-state index contributed by atoms with van der Waals surface area (Å²) in [6.07, 6.45) is 2.90. The zero-order valence-electron chi connectivity index (χ0n) is 5.10. The highest BCUT2D eigenvalue weighted by molar-refractivity contribution is 7.30. The van der Waals surface area contributed by atoms with Crippen molar-refractivity contribution in [1.29, 1.82) is 0 Å². The fraction of sp³-hybridized carbons (Fsp3) is 0.250. The molecule has 0 heterocycles. The van der Waals surface area contributed by atoms with Crippen molar-refractivity contribution >= 4 is 14.3 Å². The van der Waals surface area contributed by atoms with Crippen LogP contribution in [-0.2, 0) is 9.36 Å². The molecule has 0 aromatic heterocycles. The van der Waals surface area contributed by atoms with Gasteiger partial charge in [-0.05, 0) is 0 Å². The van der Waals surface area contributed by atoms with E-state index in [4.69, 9.17) is 14.4 Å². The van der Waals surface area contributed by atoms with Gasteiger partial charge in [0.25, 0.3) is 0 Å². The van der Waals surface area contributed by atoms with Crippen LogP contribution in [0.1, 0.15) is 0 Å². The summed E-state index contributed by atoms with van der Waals surface area (Å²) in [5.41, 5.74) is 0. The minimum atomic E-state index is -2.87. The fourth-order valence-corrected chi connectivity index (χ4v) is 0.102. The maximum Gasteiger partial charge on any atom is 0.692 e. The van der Waals surface area contributed by atoms with E-state index in [1.54, 1.807) is 0 Å². The third-order valence-electron chi connectivity index (χ3n) is 0.285. The molecule has 2 N–H and O–H groups in total. The second kappa shape index (κ2) is 11.0. The molecular formula is C4H7NO4P+. The molecule has 56 valence electrons. The van der Waals surface area contributed by atoms with E-state index >= 15 is 0 Å². The third-order valence-corrected chi connectivity index (χ3v) is 0.285. The molecule has 0 saturated carbocycles. The normalized spacial score (nSPS) is 6.20. The van der Waals surface area contributed by atoms with Gasteiger partial charge in [0, 0.05) is 4.57 Å². The molecule has 0 aliphatic heterocycles. The first-order chi connectivity index (χ1) is 4.65. The van der Waals surface area contributed by atoms with Crippen molar-refractivity contribution in [2.75, 3.05) is 6.54 Å². The Labute approximate surface area is 58.7 Å². The van der Waals surface area contributed by atoms with Gasteiger partial charge in [-0.15, -0.1) is 16.4 Å². The maximum atomic E-state index is 9.22. The largest absolute Gasteiger partial charge is 0.692 e. The number of isocyanates is 1. The van der Waals surface area contributed by atoms with Crippen molar-refractivity contribution in [2.45, 2.75) is 0 Å². The topological polar surface area (TPSA) is 87.0 Å². The highest BCUT2D eigenvalue weighted by Crippen LogP contribution is 1.98. The minimum Gasteiger partial charge on any atom is -0.211 e. The molecule has 0 fully saturated rings. The highest BCUT2D eigenvalue weighted by atomic mass is 31.1. The van der Waals surface area contributed by atoms with E-state index in [0.29, 0.717) is 6.54 Å². The second-order valence-electron chi connectivity index (χ2n) is 0.973. The first-order valence-corrected chi connectivity index (χ1v) is 3.31. The summed E-state index contributed by atoms with van der Waals surface area (Å²) in [5, 5.41) is 0. The van der Waals surface area contributed by atoms with Crippen LogP contribution in [0.15, 0.2) is 17.6 Å². The molecule has 0 atom stereocenters. The Bertz CT molecular complexity index is 147. The number of rotatable bonds is 2. The monoisotopic (exact) mass is 164 g/mol. The van der Waals surface area contributed by atoms with E-state index in [1.807, 2.05) is 0 Å². The average Bonchev–Trinajstić information content (AvgIpc) is 1.82. The smallest absolute Gasteiger partial charge is 0.211 e. The Balaban J connectivity index is 0. The molecule has 6 heteroatoms. The molecule has 0 amide bonds. The van der Waals surface area contributed by atoms with Gasteiger partial charge in [0.05, 0.1) is 6.54 Å². The van der Waals surface area contributed by atoms with E-state index in [-0.39, 0.29) is 0 Å². The van der Waals surface area contributed by atoms with Gasteiger partial charge in [-0.3, -0.25) is 0 Å². The molecule has 0 spiro atoms. The summed E-state index contributed by atoms with van der Waals surface area (Å²) in [6, 6.07) is 0. The van der Waals surface area contributed by atoms with Crippen molar-refractivity contribution in [3.8, 4) is 0 Å². The Kier molecular flexibility index (Phi) is 13.1. The maximum absolute atomic E-state index is 9.22. The first-order valence-electron chi connectivity index (χ1n) is 2.14. The summed E-state index contributed by atoms with van der Waals surface area (Å²) in [6.45, 7) is 3.70. The van der Waals surface area contributed by atoms with E-state index < -0.39 is 8.25 Å². The number of nitrogens with zero attached hydrogens (tertiary/aromatic N) is 1. The number of hydrogen-bond donors (Lipinski definition) is 2. The Morgan fingerprint density at radius 3 is 2.20 bits per heavy atom. The van der Waals surface area contributed by atoms with Gasteiger partial charge in [0.1, 0.15) is 0 Å². The zero-order chi connectivity index (χ0) is 8.41. The second-order valence-corrected chi connectivity index (χ2v) is 1.48. The van der Waals surface area contributed by atoms with Crippen molar-refractivity contribution in [3.05, 3.63) is 12.7 Å². The predicted molar refractivity (Wildman–Crippen MR) is 35.2 cm³/mol. The average molecular weight is 164 g/mol. The minimum absolute atomic E-state index is 0.378. The van der Waals surface area contributed by atoms with Gasteiger partial charge in [0.2, 0.25) is 6.08 Å². The number of carbonyl (C=O) groups excluding carboxylic acids is 1. The van der Waals surface area contributed by atoms with Crippen LogP contribution in [0.5, 0.6) is 0 Å². The van der Waals surface area contributed by atoms with Crippen molar-refractivity contribution < 1.29 is 19.1 Å². The lowest BCUT2D eigenvalue weighted by atomic mass is 10.7. The molecule has 10 heavy (non-hydrogen) atoms. The lowest BCUT2D eigenvalue weighted by molar-refractivity contribution is 0.405. The molecule has 0 unspecified atom stereocenters. The van der Waals surface area contributed by atoms with Crippen LogP contribution in [0.25, 0.3) is 0 Å². The molecule has 0 aromatic carbocycles.